The molecule has 30 heavy (non-hydrogen) atoms. The van der Waals surface area contributed by atoms with E-state index >= 15 is 0 Å². The largest absolute Gasteiger partial charge is 0.497 e. The molecule has 1 aliphatic rings. The summed E-state index contributed by atoms with van der Waals surface area (Å²) in [6, 6.07) is 6.13. The van der Waals surface area contributed by atoms with E-state index in [9.17, 15) is 19.2 Å². The number of amides is 5. The van der Waals surface area contributed by atoms with Crippen LogP contribution in [0.4, 0.5) is 10.5 Å². The number of nitrogens with two attached hydrogens (primary N) is 1. The summed E-state index contributed by atoms with van der Waals surface area (Å²) in [5.74, 6) is -0.803. The number of nitrogens with one attached hydrogen (secondary N) is 1. The van der Waals surface area contributed by atoms with Crippen LogP contribution in [0.25, 0.3) is 0 Å². The zero-order valence-corrected chi connectivity index (χ0v) is 17.8. The lowest BCUT2D eigenvalue weighted by Crippen LogP contribution is -2.48. The number of ether oxygens (including phenoxy) is 1. The molecule has 3 N–H and O–H groups in total. The highest BCUT2D eigenvalue weighted by atomic mass is 16.5. The van der Waals surface area contributed by atoms with Crippen molar-refractivity contribution >= 4 is 29.4 Å². The SMILES string of the molecule is CCCC1(CCC)NC(=O)N(CC(=O)N(CCC(N)=O)c2ccc(OC)cc2)C1=O. The third-order valence-corrected chi connectivity index (χ3v) is 5.16. The summed E-state index contributed by atoms with van der Waals surface area (Å²) in [6.07, 6.45) is 2.43. The third-order valence-electron chi connectivity index (χ3n) is 5.16. The Morgan fingerprint density at radius 2 is 1.73 bits per heavy atom. The van der Waals surface area contributed by atoms with Gasteiger partial charge in [0.25, 0.3) is 5.91 Å². The fraction of sp³-hybridized carbons (Fsp3) is 0.524. The van der Waals surface area contributed by atoms with Gasteiger partial charge in [-0.2, -0.15) is 0 Å². The number of hydrogen-bond acceptors (Lipinski definition) is 5. The number of anilines is 1. The van der Waals surface area contributed by atoms with Crippen LogP contribution in [0, 0.1) is 0 Å². The van der Waals surface area contributed by atoms with Crippen molar-refractivity contribution in [1.29, 1.82) is 0 Å². The predicted octanol–water partition coefficient (Wildman–Crippen LogP) is 1.79. The highest BCUT2D eigenvalue weighted by Crippen LogP contribution is 2.28. The number of imide groups is 1. The zero-order valence-electron chi connectivity index (χ0n) is 17.8. The Hall–Kier alpha value is -3.10. The van der Waals surface area contributed by atoms with Crippen LogP contribution >= 0.6 is 0 Å². The molecule has 9 nitrogen and oxygen atoms in total. The molecule has 1 fully saturated rings. The maximum absolute atomic E-state index is 13.1. The number of hydrogen-bond donors (Lipinski definition) is 2. The minimum atomic E-state index is -0.959. The van der Waals surface area contributed by atoms with Gasteiger partial charge in [-0.05, 0) is 37.1 Å². The Morgan fingerprint density at radius 1 is 1.13 bits per heavy atom. The number of nitrogens with zero attached hydrogens (tertiary/aromatic N) is 2. The Labute approximate surface area is 176 Å². The van der Waals surface area contributed by atoms with Gasteiger partial charge in [0.05, 0.1) is 7.11 Å². The van der Waals surface area contributed by atoms with Gasteiger partial charge in [0, 0.05) is 18.7 Å². The van der Waals surface area contributed by atoms with Crippen LogP contribution < -0.4 is 20.7 Å². The highest BCUT2D eigenvalue weighted by molar-refractivity contribution is 6.10. The Morgan fingerprint density at radius 3 is 2.23 bits per heavy atom. The lowest BCUT2D eigenvalue weighted by Gasteiger charge is -2.27. The van der Waals surface area contributed by atoms with E-state index in [4.69, 9.17) is 10.5 Å². The lowest BCUT2D eigenvalue weighted by molar-refractivity contribution is -0.134. The first-order valence-corrected chi connectivity index (χ1v) is 10.1. The van der Waals surface area contributed by atoms with Gasteiger partial charge in [0.15, 0.2) is 0 Å². The van der Waals surface area contributed by atoms with Gasteiger partial charge in [-0.1, -0.05) is 26.7 Å². The topological polar surface area (TPSA) is 122 Å². The summed E-state index contributed by atoms with van der Waals surface area (Å²) in [7, 11) is 1.53. The third kappa shape index (κ3) is 5.08. The predicted molar refractivity (Wildman–Crippen MR) is 112 cm³/mol. The van der Waals surface area contributed by atoms with E-state index in [1.54, 1.807) is 24.3 Å². The Bertz CT molecular complexity index is 787. The summed E-state index contributed by atoms with van der Waals surface area (Å²) < 4.78 is 5.13. The van der Waals surface area contributed by atoms with Crippen LogP contribution in [0.5, 0.6) is 5.75 Å². The van der Waals surface area contributed by atoms with Crippen LogP contribution in [0.2, 0.25) is 0 Å². The van der Waals surface area contributed by atoms with E-state index in [1.165, 1.54) is 12.0 Å². The van der Waals surface area contributed by atoms with Gasteiger partial charge in [-0.3, -0.25) is 19.3 Å². The van der Waals surface area contributed by atoms with Gasteiger partial charge in [-0.15, -0.1) is 0 Å². The maximum atomic E-state index is 13.1. The zero-order chi connectivity index (χ0) is 22.3. The molecule has 1 aromatic carbocycles. The molecule has 0 radical (unpaired) electrons. The van der Waals surface area contributed by atoms with Crippen LogP contribution in [0.1, 0.15) is 46.0 Å². The monoisotopic (exact) mass is 418 g/mol. The van der Waals surface area contributed by atoms with E-state index in [0.29, 0.717) is 24.3 Å². The first-order chi connectivity index (χ1) is 14.3. The summed E-state index contributed by atoms with van der Waals surface area (Å²) in [5.41, 5.74) is 4.81. The molecular weight excluding hydrogens is 388 g/mol. The number of benzene rings is 1. The molecule has 164 valence electrons. The van der Waals surface area contributed by atoms with Crippen molar-refractivity contribution < 1.29 is 23.9 Å². The number of rotatable bonds is 11. The summed E-state index contributed by atoms with van der Waals surface area (Å²) in [5, 5.41) is 2.79. The van der Waals surface area contributed by atoms with Crippen molar-refractivity contribution in [3.05, 3.63) is 24.3 Å². The van der Waals surface area contributed by atoms with Crippen LogP contribution in [0.3, 0.4) is 0 Å². The van der Waals surface area contributed by atoms with Crippen molar-refractivity contribution in [3.63, 3.8) is 0 Å². The van der Waals surface area contributed by atoms with Crippen LogP contribution in [-0.4, -0.2) is 54.4 Å². The van der Waals surface area contributed by atoms with Crippen molar-refractivity contribution in [1.82, 2.24) is 10.2 Å². The van der Waals surface area contributed by atoms with Gasteiger partial charge in [0.2, 0.25) is 11.8 Å². The minimum absolute atomic E-state index is 0.0409. The van der Waals surface area contributed by atoms with Crippen molar-refractivity contribution in [2.45, 2.75) is 51.5 Å². The first kappa shape index (κ1) is 23.2. The molecule has 5 amide bonds. The minimum Gasteiger partial charge on any atom is -0.497 e. The molecule has 0 aromatic heterocycles. The molecule has 9 heteroatoms. The second kappa shape index (κ2) is 10.1. The number of carbonyl (C=O) groups excluding carboxylic acids is 4. The first-order valence-electron chi connectivity index (χ1n) is 10.1. The molecule has 2 rings (SSSR count). The normalized spacial score (nSPS) is 15.1. The molecule has 1 saturated heterocycles. The van der Waals surface area contributed by atoms with Gasteiger partial charge in [0.1, 0.15) is 17.8 Å². The van der Waals surface area contributed by atoms with E-state index in [1.807, 2.05) is 13.8 Å². The molecule has 0 spiro atoms. The second-order valence-corrected chi connectivity index (χ2v) is 7.36. The second-order valence-electron chi connectivity index (χ2n) is 7.36. The molecule has 1 aliphatic heterocycles. The van der Waals surface area contributed by atoms with Gasteiger partial charge < -0.3 is 20.7 Å². The number of carbonyl (C=O) groups is 4. The van der Waals surface area contributed by atoms with E-state index in [0.717, 1.165) is 17.7 Å². The summed E-state index contributed by atoms with van der Waals surface area (Å²) in [4.78, 5) is 52.2. The number of urea groups is 1. The standard InChI is InChI=1S/C21H30N4O5/c1-4-11-21(12-5-2)19(28)25(20(29)23-21)14-18(27)24(13-10-17(22)26)15-6-8-16(30-3)9-7-15/h6-9H,4-5,10-14H2,1-3H3,(H2,22,26)(H,23,29). The molecule has 0 unspecified atom stereocenters. The molecule has 0 saturated carbocycles. The molecular formula is C21H30N4O5. The number of primary amides is 1. The summed E-state index contributed by atoms with van der Waals surface area (Å²) >= 11 is 0. The van der Waals surface area contributed by atoms with Crippen molar-refractivity contribution in [3.8, 4) is 5.75 Å². The fourth-order valence-electron chi connectivity index (χ4n) is 3.74. The average Bonchev–Trinajstić information content (AvgIpc) is 2.93. The molecule has 0 bridgehead atoms. The Kier molecular flexibility index (Phi) is 7.79. The molecule has 0 atom stereocenters. The summed E-state index contributed by atoms with van der Waals surface area (Å²) in [6.45, 7) is 3.52. The molecule has 1 heterocycles. The lowest BCUT2D eigenvalue weighted by atomic mass is 9.88. The van der Waals surface area contributed by atoms with Crippen molar-refractivity contribution in [2.24, 2.45) is 5.73 Å². The highest BCUT2D eigenvalue weighted by Gasteiger charge is 2.50. The quantitative estimate of drug-likeness (QED) is 0.531. The smallest absolute Gasteiger partial charge is 0.325 e. The average molecular weight is 418 g/mol. The van der Waals surface area contributed by atoms with Gasteiger partial charge >= 0.3 is 6.03 Å². The molecule has 0 aliphatic carbocycles. The maximum Gasteiger partial charge on any atom is 0.325 e. The molecule has 1 aromatic rings. The van der Waals surface area contributed by atoms with Crippen LogP contribution in [-0.2, 0) is 14.4 Å². The van der Waals surface area contributed by atoms with E-state index in [2.05, 4.69) is 5.32 Å². The van der Waals surface area contributed by atoms with E-state index in [-0.39, 0.29) is 18.9 Å². The number of methoxy groups -OCH3 is 1. The van der Waals surface area contributed by atoms with E-state index < -0.39 is 29.9 Å². The van der Waals surface area contributed by atoms with Gasteiger partial charge in [-0.25, -0.2) is 4.79 Å². The van der Waals surface area contributed by atoms with Crippen molar-refractivity contribution in [2.75, 3.05) is 25.1 Å². The fourth-order valence-corrected chi connectivity index (χ4v) is 3.74. The van der Waals surface area contributed by atoms with Crippen LogP contribution in [0.15, 0.2) is 24.3 Å². The Balaban J connectivity index is 2.24.